The molecule has 2 aromatic rings. The van der Waals surface area contributed by atoms with Crippen LogP contribution in [0.5, 0.6) is 0 Å². The Balaban J connectivity index is 2.29. The molecule has 0 bridgehead atoms. The molecule has 0 saturated carbocycles. The molecule has 2 N–H and O–H groups in total. The normalized spacial score (nSPS) is 10.5. The van der Waals surface area contributed by atoms with Crippen molar-refractivity contribution in [3.8, 4) is 0 Å². The number of hydrogen-bond acceptors (Lipinski definition) is 3. The highest BCUT2D eigenvalue weighted by Gasteiger charge is 2.10. The Morgan fingerprint density at radius 2 is 1.95 bits per heavy atom. The van der Waals surface area contributed by atoms with E-state index >= 15 is 0 Å². The highest BCUT2D eigenvalue weighted by molar-refractivity contribution is 9.10. The number of hydrogen-bond donors (Lipinski definition) is 1. The Bertz CT molecular complexity index is 528. The average molecular weight is 320 g/mol. The topological polar surface area (TPSA) is 42.2 Å². The smallest absolute Gasteiger partial charge is 0.0430 e. The molecule has 4 heteroatoms. The Labute approximate surface area is 122 Å². The lowest BCUT2D eigenvalue weighted by Gasteiger charge is -2.26. The monoisotopic (exact) mass is 319 g/mol. The van der Waals surface area contributed by atoms with E-state index in [1.54, 1.807) is 0 Å². The molecule has 0 aliphatic carbocycles. The van der Waals surface area contributed by atoms with Crippen molar-refractivity contribution in [2.75, 3.05) is 11.4 Å². The first-order valence-corrected chi connectivity index (χ1v) is 7.16. The molecule has 0 amide bonds. The molecule has 1 aromatic heterocycles. The molecule has 0 aliphatic heterocycles. The van der Waals surface area contributed by atoms with Crippen molar-refractivity contribution in [2.45, 2.75) is 20.0 Å². The van der Waals surface area contributed by atoms with Gasteiger partial charge in [-0.2, -0.15) is 0 Å². The average Bonchev–Trinajstić information content (AvgIpc) is 2.46. The minimum Gasteiger partial charge on any atom is -0.367 e. The summed E-state index contributed by atoms with van der Waals surface area (Å²) in [5.41, 5.74) is 9.44. The van der Waals surface area contributed by atoms with Crippen LogP contribution in [0.1, 0.15) is 18.1 Å². The highest BCUT2D eigenvalue weighted by Crippen LogP contribution is 2.26. The van der Waals surface area contributed by atoms with Gasteiger partial charge in [0.2, 0.25) is 0 Å². The van der Waals surface area contributed by atoms with Gasteiger partial charge in [0.25, 0.3) is 0 Å². The molecular weight excluding hydrogens is 302 g/mol. The lowest BCUT2D eigenvalue weighted by Crippen LogP contribution is -2.23. The zero-order valence-corrected chi connectivity index (χ0v) is 12.6. The van der Waals surface area contributed by atoms with Crippen LogP contribution < -0.4 is 10.6 Å². The number of aromatic nitrogens is 1. The largest absolute Gasteiger partial charge is 0.367 e. The second-order valence-corrected chi connectivity index (χ2v) is 5.26. The van der Waals surface area contributed by atoms with Gasteiger partial charge in [-0.15, -0.1) is 0 Å². The van der Waals surface area contributed by atoms with E-state index in [2.05, 4.69) is 44.9 Å². The van der Waals surface area contributed by atoms with Crippen LogP contribution in [0, 0.1) is 0 Å². The molecule has 0 aliphatic rings. The molecule has 0 spiro atoms. The Kier molecular flexibility index (Phi) is 4.93. The molecule has 100 valence electrons. The Morgan fingerprint density at radius 3 is 2.58 bits per heavy atom. The van der Waals surface area contributed by atoms with Gasteiger partial charge in [-0.05, 0) is 42.3 Å². The summed E-state index contributed by atoms with van der Waals surface area (Å²) in [5, 5.41) is 0. The van der Waals surface area contributed by atoms with Crippen LogP contribution >= 0.6 is 15.9 Å². The first kappa shape index (κ1) is 14.0. The third kappa shape index (κ3) is 3.55. The number of nitrogens with two attached hydrogens (primary N) is 1. The predicted molar refractivity (Wildman–Crippen MR) is 83.0 cm³/mol. The van der Waals surface area contributed by atoms with Crippen LogP contribution in [0.4, 0.5) is 5.69 Å². The summed E-state index contributed by atoms with van der Waals surface area (Å²) in [5.74, 6) is 0. The number of nitrogens with zero attached hydrogens (tertiary/aromatic N) is 2. The number of anilines is 1. The Hall–Kier alpha value is -1.39. The second-order valence-electron chi connectivity index (χ2n) is 4.35. The van der Waals surface area contributed by atoms with Crippen molar-refractivity contribution in [3.63, 3.8) is 0 Å². The predicted octanol–water partition coefficient (Wildman–Crippen LogP) is 3.33. The van der Waals surface area contributed by atoms with E-state index in [9.17, 15) is 0 Å². The first-order valence-electron chi connectivity index (χ1n) is 6.37. The summed E-state index contributed by atoms with van der Waals surface area (Å²) in [6.07, 6.45) is 3.65. The summed E-state index contributed by atoms with van der Waals surface area (Å²) >= 11 is 3.53. The molecule has 0 saturated heterocycles. The van der Waals surface area contributed by atoms with Gasteiger partial charge in [-0.3, -0.25) is 4.98 Å². The van der Waals surface area contributed by atoms with Crippen molar-refractivity contribution < 1.29 is 0 Å². The number of rotatable bonds is 5. The molecule has 19 heavy (non-hydrogen) atoms. The maximum Gasteiger partial charge on any atom is 0.0430 e. The van der Waals surface area contributed by atoms with Gasteiger partial charge in [0.15, 0.2) is 0 Å². The van der Waals surface area contributed by atoms with Gasteiger partial charge in [-0.1, -0.05) is 22.0 Å². The summed E-state index contributed by atoms with van der Waals surface area (Å²) in [6, 6.07) is 10.3. The lowest BCUT2D eigenvalue weighted by atomic mass is 10.1. The number of pyridine rings is 1. The van der Waals surface area contributed by atoms with Crippen molar-refractivity contribution in [2.24, 2.45) is 5.73 Å². The van der Waals surface area contributed by atoms with Crippen molar-refractivity contribution in [1.29, 1.82) is 0 Å². The van der Waals surface area contributed by atoms with Crippen molar-refractivity contribution in [1.82, 2.24) is 4.98 Å². The number of halogens is 1. The van der Waals surface area contributed by atoms with Gasteiger partial charge < -0.3 is 10.6 Å². The fourth-order valence-corrected chi connectivity index (χ4v) is 2.43. The summed E-state index contributed by atoms with van der Waals surface area (Å²) in [4.78, 5) is 6.37. The molecule has 0 atom stereocenters. The quantitative estimate of drug-likeness (QED) is 0.919. The molecule has 1 heterocycles. The van der Waals surface area contributed by atoms with E-state index in [1.165, 1.54) is 16.8 Å². The maximum absolute atomic E-state index is 5.83. The van der Waals surface area contributed by atoms with E-state index in [0.717, 1.165) is 17.6 Å². The van der Waals surface area contributed by atoms with Crippen LogP contribution in [-0.4, -0.2) is 11.5 Å². The van der Waals surface area contributed by atoms with Crippen molar-refractivity contribution >= 4 is 21.6 Å². The van der Waals surface area contributed by atoms with E-state index in [4.69, 9.17) is 5.73 Å². The van der Waals surface area contributed by atoms with Crippen LogP contribution in [0.25, 0.3) is 0 Å². The second kappa shape index (κ2) is 6.68. The molecule has 1 aromatic carbocycles. The minimum absolute atomic E-state index is 0.551. The maximum atomic E-state index is 5.83. The third-order valence-corrected chi connectivity index (χ3v) is 3.61. The van der Waals surface area contributed by atoms with Crippen LogP contribution in [0.2, 0.25) is 0 Å². The minimum atomic E-state index is 0.551. The lowest BCUT2D eigenvalue weighted by molar-refractivity contribution is 0.819. The molecular formula is C15H18BrN3. The van der Waals surface area contributed by atoms with Crippen LogP contribution in [0.15, 0.2) is 47.2 Å². The third-order valence-electron chi connectivity index (χ3n) is 3.11. The molecule has 0 fully saturated rings. The van der Waals surface area contributed by atoms with E-state index < -0.39 is 0 Å². The van der Waals surface area contributed by atoms with Gasteiger partial charge in [-0.25, -0.2) is 0 Å². The first-order chi connectivity index (χ1) is 9.24. The highest BCUT2D eigenvalue weighted by atomic mass is 79.9. The van der Waals surface area contributed by atoms with Crippen LogP contribution in [0.3, 0.4) is 0 Å². The number of benzene rings is 1. The van der Waals surface area contributed by atoms with Gasteiger partial charge in [0.05, 0.1) is 0 Å². The van der Waals surface area contributed by atoms with E-state index in [-0.39, 0.29) is 0 Å². The SMILES string of the molecule is CCN(Cc1ccncc1)c1cc(Br)ccc1CN. The van der Waals surface area contributed by atoms with Crippen molar-refractivity contribution in [3.05, 3.63) is 58.3 Å². The summed E-state index contributed by atoms with van der Waals surface area (Å²) < 4.78 is 1.08. The standard InChI is InChI=1S/C15H18BrN3/c1-2-19(11-12-5-7-18-8-6-12)15-9-14(16)4-3-13(15)10-17/h3-9H,2,10-11,17H2,1H3. The Morgan fingerprint density at radius 1 is 1.21 bits per heavy atom. The van der Waals surface area contributed by atoms with Crippen LogP contribution in [-0.2, 0) is 13.1 Å². The molecule has 0 unspecified atom stereocenters. The fourth-order valence-electron chi connectivity index (χ4n) is 2.08. The van der Waals surface area contributed by atoms with E-state index in [1.807, 2.05) is 30.6 Å². The van der Waals surface area contributed by atoms with Gasteiger partial charge >= 0.3 is 0 Å². The molecule has 2 rings (SSSR count). The zero-order valence-electron chi connectivity index (χ0n) is 11.0. The van der Waals surface area contributed by atoms with Gasteiger partial charge in [0.1, 0.15) is 0 Å². The molecule has 3 nitrogen and oxygen atoms in total. The van der Waals surface area contributed by atoms with E-state index in [0.29, 0.717) is 6.54 Å². The molecule has 0 radical (unpaired) electrons. The fraction of sp³-hybridized carbons (Fsp3) is 0.267. The summed E-state index contributed by atoms with van der Waals surface area (Å²) in [7, 11) is 0. The zero-order chi connectivity index (χ0) is 13.7. The van der Waals surface area contributed by atoms with Gasteiger partial charge in [0, 0.05) is 42.2 Å². The summed E-state index contributed by atoms with van der Waals surface area (Å²) in [6.45, 7) is 4.51.